The molecule has 3 aromatic rings. The van der Waals surface area contributed by atoms with Gasteiger partial charge in [0.15, 0.2) is 0 Å². The highest BCUT2D eigenvalue weighted by Gasteiger charge is 2.27. The molecule has 0 atom stereocenters. The average Bonchev–Trinajstić information content (AvgIpc) is 3.12. The third-order valence-electron chi connectivity index (χ3n) is 4.83. The Hall–Kier alpha value is -3.76. The van der Waals surface area contributed by atoms with Gasteiger partial charge in [-0.1, -0.05) is 17.7 Å². The van der Waals surface area contributed by atoms with Crippen LogP contribution in [0.15, 0.2) is 42.5 Å². The number of thiophene rings is 1. The number of amides is 2. The first-order valence-corrected chi connectivity index (χ1v) is 11.3. The van der Waals surface area contributed by atoms with Crippen LogP contribution < -0.4 is 10.6 Å². The van der Waals surface area contributed by atoms with E-state index < -0.39 is 22.7 Å². The summed E-state index contributed by atoms with van der Waals surface area (Å²) in [7, 11) is 0. The molecule has 0 saturated heterocycles. The molecule has 2 amide bonds. The van der Waals surface area contributed by atoms with E-state index in [1.807, 2.05) is 6.92 Å². The Kier molecular flexibility index (Phi) is 7.64. The van der Waals surface area contributed by atoms with Gasteiger partial charge in [-0.25, -0.2) is 4.79 Å². The average molecular weight is 502 g/mol. The lowest BCUT2D eigenvalue weighted by Crippen LogP contribution is -2.15. The standard InChI is InChI=1S/C23H20ClN3O6S/c1-4-33-23(30)18-13(3)19(21(29)25-15-8-5-12(2)17(24)11-15)34-22(18)26-20(28)14-6-9-16(10-7-14)27(31)32/h5-11H,4H2,1-3H3,(H,25,29)(H,26,28). The van der Waals surface area contributed by atoms with Gasteiger partial charge >= 0.3 is 5.97 Å². The summed E-state index contributed by atoms with van der Waals surface area (Å²) in [6.07, 6.45) is 0. The number of ether oxygens (including phenoxy) is 1. The van der Waals surface area contributed by atoms with Crippen LogP contribution in [0.2, 0.25) is 5.02 Å². The van der Waals surface area contributed by atoms with Crippen molar-refractivity contribution in [2.24, 2.45) is 0 Å². The van der Waals surface area contributed by atoms with Crippen LogP contribution >= 0.6 is 22.9 Å². The Morgan fingerprint density at radius 3 is 2.32 bits per heavy atom. The molecule has 0 aliphatic carbocycles. The summed E-state index contributed by atoms with van der Waals surface area (Å²) in [5.74, 6) is -1.77. The molecule has 2 N–H and O–H groups in total. The zero-order valence-electron chi connectivity index (χ0n) is 18.4. The van der Waals surface area contributed by atoms with E-state index in [1.165, 1.54) is 24.3 Å². The molecule has 2 aromatic carbocycles. The van der Waals surface area contributed by atoms with E-state index >= 15 is 0 Å². The fourth-order valence-electron chi connectivity index (χ4n) is 3.04. The SMILES string of the molecule is CCOC(=O)c1c(NC(=O)c2ccc([N+](=O)[O-])cc2)sc(C(=O)Nc2ccc(C)c(Cl)c2)c1C. The van der Waals surface area contributed by atoms with Crippen molar-refractivity contribution >= 4 is 57.1 Å². The lowest BCUT2D eigenvalue weighted by Gasteiger charge is -2.07. The third kappa shape index (κ3) is 5.41. The molecule has 0 unspecified atom stereocenters. The van der Waals surface area contributed by atoms with Gasteiger partial charge in [0.25, 0.3) is 17.5 Å². The number of carbonyl (C=O) groups excluding carboxylic acids is 3. The summed E-state index contributed by atoms with van der Waals surface area (Å²) < 4.78 is 5.11. The van der Waals surface area contributed by atoms with Crippen LogP contribution in [0.5, 0.6) is 0 Å². The predicted molar refractivity (Wildman–Crippen MR) is 130 cm³/mol. The van der Waals surface area contributed by atoms with E-state index in [9.17, 15) is 24.5 Å². The van der Waals surface area contributed by atoms with Gasteiger partial charge in [-0.15, -0.1) is 11.3 Å². The van der Waals surface area contributed by atoms with Crippen LogP contribution in [0.1, 0.15) is 48.4 Å². The molecule has 0 spiro atoms. The topological polar surface area (TPSA) is 128 Å². The van der Waals surface area contributed by atoms with Crippen LogP contribution in [0.3, 0.4) is 0 Å². The number of nitro groups is 1. The quantitative estimate of drug-likeness (QED) is 0.246. The Morgan fingerprint density at radius 2 is 1.74 bits per heavy atom. The molecule has 0 radical (unpaired) electrons. The molecule has 1 aromatic heterocycles. The normalized spacial score (nSPS) is 10.5. The summed E-state index contributed by atoms with van der Waals surface area (Å²) in [5.41, 5.74) is 1.72. The summed E-state index contributed by atoms with van der Waals surface area (Å²) in [6, 6.07) is 10.1. The summed E-state index contributed by atoms with van der Waals surface area (Å²) in [5, 5.41) is 16.8. The molecule has 0 aliphatic rings. The van der Waals surface area contributed by atoms with Crippen LogP contribution in [0.4, 0.5) is 16.4 Å². The van der Waals surface area contributed by atoms with Crippen molar-refractivity contribution in [2.75, 3.05) is 17.2 Å². The number of esters is 1. The molecular weight excluding hydrogens is 482 g/mol. The molecular formula is C23H20ClN3O6S. The zero-order valence-corrected chi connectivity index (χ0v) is 20.0. The minimum Gasteiger partial charge on any atom is -0.462 e. The number of carbonyl (C=O) groups is 3. The Bertz CT molecular complexity index is 1290. The maximum Gasteiger partial charge on any atom is 0.341 e. The second-order valence-corrected chi connectivity index (χ2v) is 8.58. The highest BCUT2D eigenvalue weighted by atomic mass is 35.5. The van der Waals surface area contributed by atoms with Gasteiger partial charge < -0.3 is 15.4 Å². The van der Waals surface area contributed by atoms with Crippen LogP contribution in [0.25, 0.3) is 0 Å². The molecule has 34 heavy (non-hydrogen) atoms. The van der Waals surface area contributed by atoms with Crippen LogP contribution in [-0.2, 0) is 4.74 Å². The molecule has 11 heteroatoms. The fraction of sp³-hybridized carbons (Fsp3) is 0.174. The lowest BCUT2D eigenvalue weighted by molar-refractivity contribution is -0.384. The monoisotopic (exact) mass is 501 g/mol. The van der Waals surface area contributed by atoms with Crippen molar-refractivity contribution in [3.8, 4) is 0 Å². The van der Waals surface area contributed by atoms with Crippen molar-refractivity contribution in [1.29, 1.82) is 0 Å². The Balaban J connectivity index is 1.92. The molecule has 9 nitrogen and oxygen atoms in total. The maximum absolute atomic E-state index is 13.0. The molecule has 176 valence electrons. The van der Waals surface area contributed by atoms with Gasteiger partial charge in [-0.2, -0.15) is 0 Å². The van der Waals surface area contributed by atoms with Crippen molar-refractivity contribution in [1.82, 2.24) is 0 Å². The number of nitrogens with zero attached hydrogens (tertiary/aromatic N) is 1. The second-order valence-electron chi connectivity index (χ2n) is 7.16. The molecule has 0 saturated carbocycles. The minimum atomic E-state index is -0.687. The fourth-order valence-corrected chi connectivity index (χ4v) is 4.30. The van der Waals surface area contributed by atoms with Crippen molar-refractivity contribution in [2.45, 2.75) is 20.8 Å². The van der Waals surface area contributed by atoms with Crippen molar-refractivity contribution in [3.63, 3.8) is 0 Å². The van der Waals surface area contributed by atoms with Gasteiger partial charge in [0.2, 0.25) is 0 Å². The number of hydrogen-bond donors (Lipinski definition) is 2. The van der Waals surface area contributed by atoms with Gasteiger partial charge in [0, 0.05) is 28.4 Å². The number of aryl methyl sites for hydroxylation is 1. The molecule has 0 aliphatic heterocycles. The van der Waals surface area contributed by atoms with E-state index in [0.29, 0.717) is 16.3 Å². The first-order chi connectivity index (χ1) is 16.1. The van der Waals surface area contributed by atoms with Gasteiger partial charge in [-0.05, 0) is 56.2 Å². The van der Waals surface area contributed by atoms with Crippen molar-refractivity contribution in [3.05, 3.63) is 84.7 Å². The highest BCUT2D eigenvalue weighted by molar-refractivity contribution is 7.19. The molecule has 0 bridgehead atoms. The number of benzene rings is 2. The van der Waals surface area contributed by atoms with Gasteiger partial charge in [0.1, 0.15) is 5.00 Å². The van der Waals surface area contributed by atoms with E-state index in [4.69, 9.17) is 16.3 Å². The lowest BCUT2D eigenvalue weighted by atomic mass is 10.1. The molecule has 3 rings (SSSR count). The molecule has 0 fully saturated rings. The first kappa shape index (κ1) is 24.9. The number of halogens is 1. The predicted octanol–water partition coefficient (Wildman–Crippen LogP) is 5.61. The van der Waals surface area contributed by atoms with Crippen LogP contribution in [-0.4, -0.2) is 29.3 Å². The van der Waals surface area contributed by atoms with E-state index in [2.05, 4.69) is 10.6 Å². The zero-order chi connectivity index (χ0) is 25.0. The molecule has 1 heterocycles. The van der Waals surface area contributed by atoms with E-state index in [1.54, 1.807) is 32.0 Å². The smallest absolute Gasteiger partial charge is 0.341 e. The Morgan fingerprint density at radius 1 is 1.06 bits per heavy atom. The Labute approximate surface area is 203 Å². The summed E-state index contributed by atoms with van der Waals surface area (Å²) >= 11 is 7.05. The van der Waals surface area contributed by atoms with E-state index in [0.717, 1.165) is 16.9 Å². The van der Waals surface area contributed by atoms with Crippen LogP contribution in [0, 0.1) is 24.0 Å². The number of hydrogen-bond acceptors (Lipinski definition) is 7. The van der Waals surface area contributed by atoms with Gasteiger partial charge in [0.05, 0.1) is 22.0 Å². The van der Waals surface area contributed by atoms with E-state index in [-0.39, 0.29) is 33.3 Å². The van der Waals surface area contributed by atoms with Crippen molar-refractivity contribution < 1.29 is 24.0 Å². The highest BCUT2D eigenvalue weighted by Crippen LogP contribution is 2.35. The largest absolute Gasteiger partial charge is 0.462 e. The minimum absolute atomic E-state index is 0.0641. The number of non-ortho nitro benzene ring substituents is 1. The summed E-state index contributed by atoms with van der Waals surface area (Å²) in [4.78, 5) is 48.8. The number of rotatable bonds is 7. The maximum atomic E-state index is 13.0. The second kappa shape index (κ2) is 10.4. The van der Waals surface area contributed by atoms with Gasteiger partial charge in [-0.3, -0.25) is 19.7 Å². The first-order valence-electron chi connectivity index (χ1n) is 10.1. The number of nitrogens with one attached hydrogen (secondary N) is 2. The number of nitro benzene ring substituents is 1. The number of anilines is 2. The summed E-state index contributed by atoms with van der Waals surface area (Å²) in [6.45, 7) is 5.17. The third-order valence-corrected chi connectivity index (χ3v) is 6.44.